The molecule has 9 heteroatoms. The molecule has 0 unspecified atom stereocenters. The molecule has 0 saturated carbocycles. The van der Waals surface area contributed by atoms with Crippen LogP contribution in [0.25, 0.3) is 0 Å². The van der Waals surface area contributed by atoms with E-state index in [1.54, 1.807) is 10.9 Å². The van der Waals surface area contributed by atoms with E-state index in [9.17, 15) is 5.26 Å². The number of hydrogen-bond acceptors (Lipinski definition) is 8. The number of hydrogen-bond donors (Lipinski definition) is 1. The van der Waals surface area contributed by atoms with Gasteiger partial charge in [-0.2, -0.15) is 15.3 Å². The van der Waals surface area contributed by atoms with Crippen molar-refractivity contribution in [1.29, 1.82) is 5.26 Å². The van der Waals surface area contributed by atoms with Gasteiger partial charge in [0.15, 0.2) is 0 Å². The minimum absolute atomic E-state index is 0.0629. The van der Waals surface area contributed by atoms with Gasteiger partial charge in [0.1, 0.15) is 5.82 Å². The van der Waals surface area contributed by atoms with Gasteiger partial charge >= 0.3 is 0 Å². The number of anilines is 3. The van der Waals surface area contributed by atoms with Crippen LogP contribution in [0.1, 0.15) is 31.2 Å². The second-order valence-corrected chi connectivity index (χ2v) is 9.27. The summed E-state index contributed by atoms with van der Waals surface area (Å²) in [6.07, 6.45) is 10.0. The molecule has 0 spiro atoms. The quantitative estimate of drug-likeness (QED) is 0.783. The van der Waals surface area contributed by atoms with E-state index < -0.39 is 0 Å². The maximum absolute atomic E-state index is 9.60. The van der Waals surface area contributed by atoms with Crippen LogP contribution in [0.5, 0.6) is 0 Å². The van der Waals surface area contributed by atoms with Crippen molar-refractivity contribution in [2.45, 2.75) is 44.2 Å². The zero-order chi connectivity index (χ0) is 21.4. The fraction of sp³-hybridized carbons (Fsp3) is 0.636. The molecule has 1 N–H and O–H groups in total. The fourth-order valence-corrected chi connectivity index (χ4v) is 5.40. The highest BCUT2D eigenvalue weighted by Gasteiger charge is 2.50. The summed E-state index contributed by atoms with van der Waals surface area (Å²) < 4.78 is 1.75. The first-order valence-electron chi connectivity index (χ1n) is 11.3. The maximum atomic E-state index is 9.60. The van der Waals surface area contributed by atoms with Crippen LogP contribution in [0.15, 0.2) is 18.6 Å². The van der Waals surface area contributed by atoms with Crippen LogP contribution in [0.4, 0.5) is 17.5 Å². The predicted octanol–water partition coefficient (Wildman–Crippen LogP) is 1.90. The number of rotatable bonds is 5. The number of nitrogens with zero attached hydrogens (tertiary/aromatic N) is 8. The zero-order valence-electron chi connectivity index (χ0n) is 18.5. The van der Waals surface area contributed by atoms with E-state index >= 15 is 0 Å². The highest BCUT2D eigenvalue weighted by molar-refractivity contribution is 5.57. The molecular weight excluding hydrogens is 390 g/mol. The summed E-state index contributed by atoms with van der Waals surface area (Å²) in [4.78, 5) is 16.8. The molecular formula is C22H31N9. The van der Waals surface area contributed by atoms with Crippen LogP contribution in [0, 0.1) is 18.3 Å². The molecule has 164 valence electrons. The van der Waals surface area contributed by atoms with E-state index in [-0.39, 0.29) is 5.54 Å². The maximum Gasteiger partial charge on any atom is 0.229 e. The third-order valence-electron chi connectivity index (χ3n) is 7.09. The van der Waals surface area contributed by atoms with Gasteiger partial charge in [0, 0.05) is 63.8 Å². The van der Waals surface area contributed by atoms with Crippen molar-refractivity contribution < 1.29 is 0 Å². The summed E-state index contributed by atoms with van der Waals surface area (Å²) in [5, 5.41) is 17.0. The zero-order valence-corrected chi connectivity index (χ0v) is 18.5. The number of piperazine rings is 1. The molecule has 3 aliphatic rings. The first-order valence-corrected chi connectivity index (χ1v) is 11.3. The Bertz CT molecular complexity index is 972. The SMILES string of the molecule is Cc1cnc(Nc2cnn(C)c2)nc1N1CC(CC#N)(N2CCN3CCCC[C@@H]3C2)C1. The highest BCUT2D eigenvalue weighted by atomic mass is 15.4. The Balaban J connectivity index is 1.30. The molecule has 5 heterocycles. The molecule has 1 atom stereocenters. The van der Waals surface area contributed by atoms with Crippen LogP contribution in [0.2, 0.25) is 0 Å². The van der Waals surface area contributed by atoms with Crippen LogP contribution in [0.3, 0.4) is 0 Å². The van der Waals surface area contributed by atoms with Crippen molar-refractivity contribution in [2.75, 3.05) is 49.5 Å². The van der Waals surface area contributed by atoms with E-state index in [1.165, 1.54) is 25.8 Å². The summed E-state index contributed by atoms with van der Waals surface area (Å²) >= 11 is 0. The number of aromatic nitrogens is 4. The lowest BCUT2D eigenvalue weighted by Crippen LogP contribution is -2.74. The number of fused-ring (bicyclic) bond motifs is 1. The fourth-order valence-electron chi connectivity index (χ4n) is 5.40. The number of piperidine rings is 1. The minimum atomic E-state index is -0.0629. The van der Waals surface area contributed by atoms with Gasteiger partial charge in [-0.05, 0) is 26.3 Å². The lowest BCUT2D eigenvalue weighted by molar-refractivity contribution is -0.0249. The monoisotopic (exact) mass is 421 g/mol. The van der Waals surface area contributed by atoms with Crippen LogP contribution in [-0.2, 0) is 7.05 Å². The topological polar surface area (TPSA) is 89.1 Å². The van der Waals surface area contributed by atoms with Gasteiger partial charge in [-0.15, -0.1) is 0 Å². The number of nitriles is 1. The first-order chi connectivity index (χ1) is 15.1. The summed E-state index contributed by atoms with van der Waals surface area (Å²) in [6.45, 7) is 8.25. The van der Waals surface area contributed by atoms with Gasteiger partial charge in [-0.3, -0.25) is 14.5 Å². The molecule has 0 bridgehead atoms. The molecule has 0 radical (unpaired) electrons. The predicted molar refractivity (Wildman–Crippen MR) is 119 cm³/mol. The average Bonchev–Trinajstić information content (AvgIpc) is 3.16. The Morgan fingerprint density at radius 1 is 1.23 bits per heavy atom. The normalized spacial score (nSPS) is 23.6. The molecule has 5 rings (SSSR count). The molecule has 0 aliphatic carbocycles. The lowest BCUT2D eigenvalue weighted by atomic mass is 9.82. The van der Waals surface area contributed by atoms with Crippen LogP contribution in [-0.4, -0.2) is 80.4 Å². The Labute approximate surface area is 183 Å². The van der Waals surface area contributed by atoms with Crippen molar-refractivity contribution in [3.8, 4) is 6.07 Å². The average molecular weight is 422 g/mol. The van der Waals surface area contributed by atoms with E-state index in [0.29, 0.717) is 18.4 Å². The molecule has 3 aliphatic heterocycles. The highest BCUT2D eigenvalue weighted by Crippen LogP contribution is 2.37. The third-order valence-corrected chi connectivity index (χ3v) is 7.09. The second kappa shape index (κ2) is 8.09. The summed E-state index contributed by atoms with van der Waals surface area (Å²) in [7, 11) is 1.88. The van der Waals surface area contributed by atoms with E-state index in [0.717, 1.165) is 49.8 Å². The van der Waals surface area contributed by atoms with E-state index in [1.807, 2.05) is 26.4 Å². The van der Waals surface area contributed by atoms with Crippen molar-refractivity contribution in [1.82, 2.24) is 29.5 Å². The molecule has 2 aromatic heterocycles. The molecule has 3 fully saturated rings. The standard InChI is InChI=1S/C22H31N9/c1-17-11-24-21(26-18-12-25-28(2)13-18)27-20(17)30-15-22(16-30,6-7-23)31-10-9-29-8-4-3-5-19(29)14-31/h11-13,19H,3-6,8-10,14-16H2,1-2H3,(H,24,26,27)/t19-/m1/s1. The van der Waals surface area contributed by atoms with Gasteiger partial charge in [0.05, 0.1) is 29.9 Å². The van der Waals surface area contributed by atoms with E-state index in [2.05, 4.69) is 36.2 Å². The Kier molecular flexibility index (Phi) is 5.28. The number of nitrogens with one attached hydrogen (secondary N) is 1. The molecule has 2 aromatic rings. The molecule has 0 amide bonds. The van der Waals surface area contributed by atoms with Crippen molar-refractivity contribution in [3.05, 3.63) is 24.2 Å². The summed E-state index contributed by atoms with van der Waals surface area (Å²) in [5.41, 5.74) is 1.86. The summed E-state index contributed by atoms with van der Waals surface area (Å²) in [5.74, 6) is 1.52. The molecule has 0 aromatic carbocycles. The van der Waals surface area contributed by atoms with Gasteiger partial charge in [0.25, 0.3) is 0 Å². The van der Waals surface area contributed by atoms with Gasteiger partial charge in [-0.1, -0.05) is 6.42 Å². The second-order valence-electron chi connectivity index (χ2n) is 9.27. The van der Waals surface area contributed by atoms with Crippen LogP contribution >= 0.6 is 0 Å². The number of aryl methyl sites for hydroxylation is 2. The third kappa shape index (κ3) is 3.86. The minimum Gasteiger partial charge on any atom is -0.352 e. The van der Waals surface area contributed by atoms with Gasteiger partial charge < -0.3 is 10.2 Å². The Morgan fingerprint density at radius 2 is 2.10 bits per heavy atom. The first kappa shape index (κ1) is 20.2. The van der Waals surface area contributed by atoms with Crippen LogP contribution < -0.4 is 10.2 Å². The van der Waals surface area contributed by atoms with Crippen molar-refractivity contribution in [2.24, 2.45) is 7.05 Å². The largest absolute Gasteiger partial charge is 0.352 e. The van der Waals surface area contributed by atoms with E-state index in [4.69, 9.17) is 4.98 Å². The molecule has 9 nitrogen and oxygen atoms in total. The smallest absolute Gasteiger partial charge is 0.229 e. The Hall–Kier alpha value is -2.70. The van der Waals surface area contributed by atoms with Gasteiger partial charge in [-0.25, -0.2) is 4.98 Å². The summed E-state index contributed by atoms with van der Waals surface area (Å²) in [6, 6.07) is 3.13. The molecule has 3 saturated heterocycles. The lowest BCUT2D eigenvalue weighted by Gasteiger charge is -2.59. The van der Waals surface area contributed by atoms with Crippen molar-refractivity contribution in [3.63, 3.8) is 0 Å². The Morgan fingerprint density at radius 3 is 2.87 bits per heavy atom. The molecule has 31 heavy (non-hydrogen) atoms. The van der Waals surface area contributed by atoms with Gasteiger partial charge in [0.2, 0.25) is 5.95 Å². The van der Waals surface area contributed by atoms with Crippen molar-refractivity contribution >= 4 is 17.5 Å².